The van der Waals surface area contributed by atoms with Crippen molar-refractivity contribution in [2.24, 2.45) is 23.2 Å². The van der Waals surface area contributed by atoms with Crippen molar-refractivity contribution in [2.45, 2.75) is 72.3 Å². The first-order valence-corrected chi connectivity index (χ1v) is 7.53. The molecule has 0 amide bonds. The van der Waals surface area contributed by atoms with Gasteiger partial charge in [-0.15, -0.1) is 0 Å². The second kappa shape index (κ2) is 5.82. The summed E-state index contributed by atoms with van der Waals surface area (Å²) in [5, 5.41) is 20.3. The Kier molecular flexibility index (Phi) is 5.05. The lowest BCUT2D eigenvalue weighted by Crippen LogP contribution is -2.45. The molecule has 1 aliphatic carbocycles. The summed E-state index contributed by atoms with van der Waals surface area (Å²) in [5.41, 5.74) is -0.790. The van der Waals surface area contributed by atoms with E-state index in [0.29, 0.717) is 18.8 Å². The molecule has 1 fully saturated rings. The van der Waals surface area contributed by atoms with Crippen LogP contribution in [0.25, 0.3) is 0 Å². The molecule has 1 saturated carbocycles. The first kappa shape index (κ1) is 16.5. The summed E-state index contributed by atoms with van der Waals surface area (Å²) >= 11 is 0. The highest BCUT2D eigenvalue weighted by Gasteiger charge is 2.45. The predicted octanol–water partition coefficient (Wildman–Crippen LogP) is 3.70. The first-order valence-electron chi connectivity index (χ1n) is 7.53. The molecule has 2 N–H and O–H groups in total. The third-order valence-electron chi connectivity index (χ3n) is 4.82. The lowest BCUT2D eigenvalue weighted by atomic mass is 9.73. The Balaban J connectivity index is 2.87. The number of aliphatic hydroxyl groups is 1. The van der Waals surface area contributed by atoms with Gasteiger partial charge < -0.3 is 10.2 Å². The maximum atomic E-state index is 11.5. The Hall–Kier alpha value is -0.570. The van der Waals surface area contributed by atoms with Crippen LogP contribution < -0.4 is 0 Å². The number of carboxylic acid groups (broad SMARTS) is 1. The van der Waals surface area contributed by atoms with E-state index in [9.17, 15) is 15.0 Å². The maximum absolute atomic E-state index is 11.5. The van der Waals surface area contributed by atoms with Crippen molar-refractivity contribution in [3.8, 4) is 0 Å². The Labute approximate surface area is 117 Å². The van der Waals surface area contributed by atoms with Crippen LogP contribution in [0.2, 0.25) is 0 Å². The van der Waals surface area contributed by atoms with Crippen molar-refractivity contribution in [2.75, 3.05) is 0 Å². The molecule has 0 aromatic rings. The van der Waals surface area contributed by atoms with Gasteiger partial charge in [0, 0.05) is 0 Å². The third kappa shape index (κ3) is 3.95. The lowest BCUT2D eigenvalue weighted by Gasteiger charge is -2.36. The minimum atomic E-state index is -1.03. The van der Waals surface area contributed by atoms with Crippen molar-refractivity contribution in [3.63, 3.8) is 0 Å². The van der Waals surface area contributed by atoms with E-state index in [0.717, 1.165) is 19.3 Å². The standard InChI is InChI=1S/C16H30O3/c1-11(2)13(14(17)18)16(19)9-6-7-12(8-10-16)15(3,4)5/h11-13,19H,6-10H2,1-5H3,(H,17,18). The van der Waals surface area contributed by atoms with Gasteiger partial charge in [0.25, 0.3) is 0 Å². The molecule has 112 valence electrons. The SMILES string of the molecule is CC(C)C(C(=O)O)C1(O)CCCC(C(C)(C)C)CC1. The fraction of sp³-hybridized carbons (Fsp3) is 0.938. The van der Waals surface area contributed by atoms with Crippen molar-refractivity contribution in [1.29, 1.82) is 0 Å². The molecule has 0 aromatic carbocycles. The molecular weight excluding hydrogens is 240 g/mol. The molecule has 3 unspecified atom stereocenters. The molecule has 0 radical (unpaired) electrons. The van der Waals surface area contributed by atoms with Gasteiger partial charge in [0.15, 0.2) is 0 Å². The number of carboxylic acids is 1. The van der Waals surface area contributed by atoms with E-state index in [1.807, 2.05) is 13.8 Å². The highest BCUT2D eigenvalue weighted by molar-refractivity contribution is 5.71. The van der Waals surface area contributed by atoms with Crippen molar-refractivity contribution in [1.82, 2.24) is 0 Å². The molecule has 3 heteroatoms. The van der Waals surface area contributed by atoms with E-state index in [2.05, 4.69) is 20.8 Å². The zero-order chi connectivity index (χ0) is 14.8. The minimum Gasteiger partial charge on any atom is -0.481 e. The van der Waals surface area contributed by atoms with Crippen molar-refractivity contribution in [3.05, 3.63) is 0 Å². The van der Waals surface area contributed by atoms with Gasteiger partial charge in [-0.05, 0) is 42.9 Å². The van der Waals surface area contributed by atoms with Crippen LogP contribution in [0.1, 0.15) is 66.7 Å². The van der Waals surface area contributed by atoms with E-state index in [4.69, 9.17) is 0 Å². The summed E-state index contributed by atoms with van der Waals surface area (Å²) in [7, 11) is 0. The maximum Gasteiger partial charge on any atom is 0.309 e. The van der Waals surface area contributed by atoms with Crippen LogP contribution in [-0.4, -0.2) is 21.8 Å². The number of aliphatic carboxylic acids is 1. The molecule has 0 aliphatic heterocycles. The fourth-order valence-electron chi connectivity index (χ4n) is 3.66. The largest absolute Gasteiger partial charge is 0.481 e. The summed E-state index contributed by atoms with van der Waals surface area (Å²) in [4.78, 5) is 11.5. The summed E-state index contributed by atoms with van der Waals surface area (Å²) in [6.45, 7) is 10.5. The molecule has 0 aromatic heterocycles. The van der Waals surface area contributed by atoms with E-state index in [1.54, 1.807) is 0 Å². The summed E-state index contributed by atoms with van der Waals surface area (Å²) in [5.74, 6) is -0.963. The molecular formula is C16H30O3. The molecule has 0 heterocycles. The lowest BCUT2D eigenvalue weighted by molar-refractivity contribution is -0.157. The van der Waals surface area contributed by atoms with Crippen LogP contribution in [-0.2, 0) is 4.79 Å². The van der Waals surface area contributed by atoms with Gasteiger partial charge >= 0.3 is 5.97 Å². The van der Waals surface area contributed by atoms with Gasteiger partial charge in [0.2, 0.25) is 0 Å². The second-order valence-electron chi connectivity index (χ2n) is 7.66. The van der Waals surface area contributed by atoms with E-state index in [1.165, 1.54) is 0 Å². The van der Waals surface area contributed by atoms with E-state index in [-0.39, 0.29) is 11.3 Å². The van der Waals surface area contributed by atoms with Gasteiger partial charge in [-0.3, -0.25) is 4.79 Å². The zero-order valence-electron chi connectivity index (χ0n) is 13.1. The summed E-state index contributed by atoms with van der Waals surface area (Å²) < 4.78 is 0. The topological polar surface area (TPSA) is 57.5 Å². The van der Waals surface area contributed by atoms with E-state index < -0.39 is 17.5 Å². The number of hydrogen-bond donors (Lipinski definition) is 2. The molecule has 0 spiro atoms. The van der Waals surface area contributed by atoms with Gasteiger partial charge in [0.05, 0.1) is 11.5 Å². The number of carbonyl (C=O) groups is 1. The van der Waals surface area contributed by atoms with Gasteiger partial charge in [0.1, 0.15) is 0 Å². The Morgan fingerprint density at radius 1 is 1.21 bits per heavy atom. The molecule has 0 saturated heterocycles. The molecule has 3 atom stereocenters. The zero-order valence-corrected chi connectivity index (χ0v) is 13.1. The molecule has 3 nitrogen and oxygen atoms in total. The average molecular weight is 270 g/mol. The summed E-state index contributed by atoms with van der Waals surface area (Å²) in [6, 6.07) is 0. The van der Waals surface area contributed by atoms with Crippen LogP contribution in [0, 0.1) is 23.2 Å². The second-order valence-corrected chi connectivity index (χ2v) is 7.66. The highest BCUT2D eigenvalue weighted by Crippen LogP contribution is 2.43. The minimum absolute atomic E-state index is 0.0336. The molecule has 1 rings (SSSR count). The van der Waals surface area contributed by atoms with Crippen LogP contribution >= 0.6 is 0 Å². The Morgan fingerprint density at radius 3 is 2.21 bits per heavy atom. The van der Waals surface area contributed by atoms with Crippen LogP contribution in [0.4, 0.5) is 0 Å². The number of rotatable bonds is 3. The predicted molar refractivity (Wildman–Crippen MR) is 76.9 cm³/mol. The number of hydrogen-bond acceptors (Lipinski definition) is 2. The van der Waals surface area contributed by atoms with Crippen LogP contribution in [0.15, 0.2) is 0 Å². The third-order valence-corrected chi connectivity index (χ3v) is 4.82. The van der Waals surface area contributed by atoms with Crippen LogP contribution in [0.5, 0.6) is 0 Å². The smallest absolute Gasteiger partial charge is 0.309 e. The van der Waals surface area contributed by atoms with Gasteiger partial charge in [-0.25, -0.2) is 0 Å². The quantitative estimate of drug-likeness (QED) is 0.769. The normalized spacial score (nSPS) is 31.0. The first-order chi connectivity index (χ1) is 8.58. The fourth-order valence-corrected chi connectivity index (χ4v) is 3.66. The molecule has 1 aliphatic rings. The van der Waals surface area contributed by atoms with Gasteiger partial charge in [-0.1, -0.05) is 41.0 Å². The van der Waals surface area contributed by atoms with Crippen LogP contribution in [0.3, 0.4) is 0 Å². The highest BCUT2D eigenvalue weighted by atomic mass is 16.4. The Morgan fingerprint density at radius 2 is 1.79 bits per heavy atom. The van der Waals surface area contributed by atoms with Crippen molar-refractivity contribution < 1.29 is 15.0 Å². The monoisotopic (exact) mass is 270 g/mol. The molecule has 19 heavy (non-hydrogen) atoms. The summed E-state index contributed by atoms with van der Waals surface area (Å²) in [6.07, 6.45) is 4.18. The van der Waals surface area contributed by atoms with Crippen molar-refractivity contribution >= 4 is 5.97 Å². The van der Waals surface area contributed by atoms with E-state index >= 15 is 0 Å². The molecule has 0 bridgehead atoms. The average Bonchev–Trinajstić information content (AvgIpc) is 2.38. The Bertz CT molecular complexity index is 316. The van der Waals surface area contributed by atoms with Gasteiger partial charge in [-0.2, -0.15) is 0 Å².